The summed E-state index contributed by atoms with van der Waals surface area (Å²) < 4.78 is 27.8. The standard InChI is InChI=1S/C12H19N5O2S/c1-3-11(8-13)16-4-6-17(7-5-16)20(18,19)12-9-15(2)10-14-12/h9-11H,3-7H2,1-2H3. The lowest BCUT2D eigenvalue weighted by atomic mass is 10.2. The van der Waals surface area contributed by atoms with Crippen molar-refractivity contribution in [2.24, 2.45) is 7.05 Å². The van der Waals surface area contributed by atoms with Crippen LogP contribution in [0.5, 0.6) is 0 Å². The van der Waals surface area contributed by atoms with Crippen LogP contribution in [0.3, 0.4) is 0 Å². The number of aryl methyl sites for hydroxylation is 1. The molecule has 0 spiro atoms. The Bertz CT molecular complexity index is 596. The number of rotatable bonds is 4. The van der Waals surface area contributed by atoms with Gasteiger partial charge in [-0.1, -0.05) is 6.92 Å². The molecule has 1 unspecified atom stereocenters. The summed E-state index contributed by atoms with van der Waals surface area (Å²) in [6, 6.07) is 2.12. The van der Waals surface area contributed by atoms with Gasteiger partial charge in [0.2, 0.25) is 0 Å². The molecule has 2 rings (SSSR count). The largest absolute Gasteiger partial charge is 0.339 e. The SMILES string of the molecule is CCC(C#N)N1CCN(S(=O)(=O)c2cn(C)cn2)CC1. The first-order valence-corrected chi connectivity index (χ1v) is 8.04. The molecule has 20 heavy (non-hydrogen) atoms. The van der Waals surface area contributed by atoms with Crippen molar-refractivity contribution in [3.63, 3.8) is 0 Å². The third-order valence-electron chi connectivity index (χ3n) is 3.54. The Morgan fingerprint density at radius 1 is 1.40 bits per heavy atom. The minimum Gasteiger partial charge on any atom is -0.339 e. The van der Waals surface area contributed by atoms with E-state index in [2.05, 4.69) is 11.1 Å². The first-order chi connectivity index (χ1) is 9.48. The molecule has 2 heterocycles. The smallest absolute Gasteiger partial charge is 0.262 e. The molecule has 1 aromatic heterocycles. The zero-order valence-electron chi connectivity index (χ0n) is 11.7. The van der Waals surface area contributed by atoms with Crippen molar-refractivity contribution in [2.45, 2.75) is 24.4 Å². The summed E-state index contributed by atoms with van der Waals surface area (Å²) in [7, 11) is -1.77. The quantitative estimate of drug-likeness (QED) is 0.783. The van der Waals surface area contributed by atoms with E-state index in [0.29, 0.717) is 26.2 Å². The van der Waals surface area contributed by atoms with Gasteiger partial charge in [-0.25, -0.2) is 13.4 Å². The average molecular weight is 297 g/mol. The van der Waals surface area contributed by atoms with E-state index in [0.717, 1.165) is 6.42 Å². The molecule has 7 nitrogen and oxygen atoms in total. The Balaban J connectivity index is 2.06. The van der Waals surface area contributed by atoms with Crippen molar-refractivity contribution in [2.75, 3.05) is 26.2 Å². The molecule has 0 saturated carbocycles. The van der Waals surface area contributed by atoms with Gasteiger partial charge in [0, 0.05) is 39.4 Å². The van der Waals surface area contributed by atoms with E-state index in [1.807, 2.05) is 11.8 Å². The fraction of sp³-hybridized carbons (Fsp3) is 0.667. The molecule has 0 aromatic carbocycles. The molecule has 1 aromatic rings. The summed E-state index contributed by atoms with van der Waals surface area (Å²) in [5.74, 6) is 0. The zero-order chi connectivity index (χ0) is 14.8. The molecular weight excluding hydrogens is 278 g/mol. The predicted octanol–water partition coefficient (Wildman–Crippen LogP) is 0.0286. The fourth-order valence-corrected chi connectivity index (χ4v) is 3.73. The molecule has 1 atom stereocenters. The number of piperazine rings is 1. The van der Waals surface area contributed by atoms with Gasteiger partial charge in [-0.2, -0.15) is 9.57 Å². The summed E-state index contributed by atoms with van der Waals surface area (Å²) in [5, 5.41) is 9.13. The first-order valence-electron chi connectivity index (χ1n) is 6.60. The third kappa shape index (κ3) is 2.85. The van der Waals surface area contributed by atoms with Crippen LogP contribution in [0.25, 0.3) is 0 Å². The maximum absolute atomic E-state index is 12.4. The third-order valence-corrected chi connectivity index (χ3v) is 5.32. The highest BCUT2D eigenvalue weighted by Gasteiger charge is 2.31. The monoisotopic (exact) mass is 297 g/mol. The topological polar surface area (TPSA) is 82.2 Å². The molecule has 0 N–H and O–H groups in total. The van der Waals surface area contributed by atoms with Crippen LogP contribution in [0.4, 0.5) is 0 Å². The number of sulfonamides is 1. The molecule has 0 radical (unpaired) electrons. The van der Waals surface area contributed by atoms with Crippen molar-refractivity contribution in [3.8, 4) is 6.07 Å². The van der Waals surface area contributed by atoms with E-state index in [4.69, 9.17) is 5.26 Å². The molecule has 1 fully saturated rings. The highest BCUT2D eigenvalue weighted by atomic mass is 32.2. The molecular formula is C12H19N5O2S. The van der Waals surface area contributed by atoms with Crippen molar-refractivity contribution < 1.29 is 8.42 Å². The maximum atomic E-state index is 12.4. The van der Waals surface area contributed by atoms with Gasteiger partial charge >= 0.3 is 0 Å². The molecule has 0 amide bonds. The van der Waals surface area contributed by atoms with Crippen molar-refractivity contribution in [3.05, 3.63) is 12.5 Å². The van der Waals surface area contributed by atoms with Crippen LogP contribution in [-0.2, 0) is 17.1 Å². The first kappa shape index (κ1) is 15.0. The number of aromatic nitrogens is 2. The van der Waals surface area contributed by atoms with Gasteiger partial charge in [0.1, 0.15) is 0 Å². The second-order valence-corrected chi connectivity index (χ2v) is 6.76. The minimum atomic E-state index is -3.51. The second kappa shape index (κ2) is 5.91. The van der Waals surface area contributed by atoms with Gasteiger partial charge in [0.05, 0.1) is 18.4 Å². The van der Waals surface area contributed by atoms with E-state index in [9.17, 15) is 8.42 Å². The van der Waals surface area contributed by atoms with Gasteiger partial charge in [-0.15, -0.1) is 0 Å². The van der Waals surface area contributed by atoms with Crippen molar-refractivity contribution >= 4 is 10.0 Å². The van der Waals surface area contributed by atoms with Crippen LogP contribution in [0.1, 0.15) is 13.3 Å². The summed E-state index contributed by atoms with van der Waals surface area (Å²) in [5.41, 5.74) is 0. The normalized spacial score (nSPS) is 19.6. The average Bonchev–Trinajstić information content (AvgIpc) is 2.88. The predicted molar refractivity (Wildman–Crippen MR) is 73.2 cm³/mol. The van der Waals surface area contributed by atoms with Crippen LogP contribution >= 0.6 is 0 Å². The van der Waals surface area contributed by atoms with E-state index < -0.39 is 10.0 Å². The second-order valence-electron chi connectivity index (χ2n) is 4.87. The number of nitriles is 1. The lowest BCUT2D eigenvalue weighted by Crippen LogP contribution is -2.51. The summed E-state index contributed by atoms with van der Waals surface area (Å²) in [4.78, 5) is 5.95. The Morgan fingerprint density at radius 3 is 2.50 bits per heavy atom. The molecule has 110 valence electrons. The number of hydrogen-bond donors (Lipinski definition) is 0. The number of nitrogens with zero attached hydrogens (tertiary/aromatic N) is 5. The lowest BCUT2D eigenvalue weighted by molar-refractivity contribution is 0.159. The van der Waals surface area contributed by atoms with Crippen LogP contribution in [0, 0.1) is 11.3 Å². The Hall–Kier alpha value is -1.43. The van der Waals surface area contributed by atoms with E-state index in [1.54, 1.807) is 11.6 Å². The molecule has 1 aliphatic heterocycles. The van der Waals surface area contributed by atoms with Crippen molar-refractivity contribution in [1.29, 1.82) is 5.26 Å². The minimum absolute atomic E-state index is 0.0841. The Morgan fingerprint density at radius 2 is 2.05 bits per heavy atom. The van der Waals surface area contributed by atoms with Crippen molar-refractivity contribution in [1.82, 2.24) is 18.8 Å². The highest BCUT2D eigenvalue weighted by Crippen LogP contribution is 2.17. The van der Waals surface area contributed by atoms with Gasteiger partial charge < -0.3 is 4.57 Å². The van der Waals surface area contributed by atoms with Gasteiger partial charge in [-0.3, -0.25) is 4.90 Å². The number of imidazole rings is 1. The van der Waals surface area contributed by atoms with Gasteiger partial charge in [0.25, 0.3) is 10.0 Å². The van der Waals surface area contributed by atoms with Gasteiger partial charge in [-0.05, 0) is 6.42 Å². The van der Waals surface area contributed by atoms with E-state index >= 15 is 0 Å². The van der Waals surface area contributed by atoms with Crippen LogP contribution in [0.2, 0.25) is 0 Å². The molecule has 8 heteroatoms. The molecule has 1 aliphatic rings. The number of hydrogen-bond acceptors (Lipinski definition) is 5. The molecule has 0 bridgehead atoms. The lowest BCUT2D eigenvalue weighted by Gasteiger charge is -2.35. The van der Waals surface area contributed by atoms with Gasteiger partial charge in [0.15, 0.2) is 5.03 Å². The van der Waals surface area contributed by atoms with E-state index in [1.165, 1.54) is 16.8 Å². The molecule has 0 aliphatic carbocycles. The summed E-state index contributed by atoms with van der Waals surface area (Å²) >= 11 is 0. The summed E-state index contributed by atoms with van der Waals surface area (Å²) in [6.07, 6.45) is 3.74. The zero-order valence-corrected chi connectivity index (χ0v) is 12.5. The van der Waals surface area contributed by atoms with Crippen LogP contribution < -0.4 is 0 Å². The highest BCUT2D eigenvalue weighted by molar-refractivity contribution is 7.89. The van der Waals surface area contributed by atoms with Crippen LogP contribution in [-0.4, -0.2) is 59.4 Å². The molecule has 1 saturated heterocycles. The summed E-state index contributed by atoms with van der Waals surface area (Å²) in [6.45, 7) is 3.93. The maximum Gasteiger partial charge on any atom is 0.262 e. The Labute approximate surface area is 119 Å². The van der Waals surface area contributed by atoms with Crippen LogP contribution in [0.15, 0.2) is 17.6 Å². The van der Waals surface area contributed by atoms with E-state index in [-0.39, 0.29) is 11.1 Å². The fourth-order valence-electron chi connectivity index (χ4n) is 2.34. The Kier molecular flexibility index (Phi) is 4.42.